The first-order valence-electron chi connectivity index (χ1n) is 7.85. The molecule has 0 aliphatic heterocycles. The third-order valence-electron chi connectivity index (χ3n) is 4.27. The smallest absolute Gasteiger partial charge is 0.0140 e. The number of hydrogen-bond donors (Lipinski definition) is 1. The van der Waals surface area contributed by atoms with Crippen LogP contribution in [0.4, 0.5) is 0 Å². The Labute approximate surface area is 118 Å². The molecule has 1 N–H and O–H groups in total. The lowest BCUT2D eigenvalue weighted by atomic mass is 9.83. The van der Waals surface area contributed by atoms with Gasteiger partial charge in [-0.2, -0.15) is 0 Å². The number of benzene rings is 1. The van der Waals surface area contributed by atoms with Gasteiger partial charge in [0.1, 0.15) is 0 Å². The van der Waals surface area contributed by atoms with Gasteiger partial charge in [-0.3, -0.25) is 0 Å². The largest absolute Gasteiger partial charge is 0.310 e. The van der Waals surface area contributed by atoms with E-state index in [0.29, 0.717) is 6.04 Å². The first-order valence-corrected chi connectivity index (χ1v) is 7.85. The molecule has 1 atom stereocenters. The van der Waals surface area contributed by atoms with Gasteiger partial charge in [0.2, 0.25) is 0 Å². The Balaban J connectivity index is 1.75. The van der Waals surface area contributed by atoms with E-state index in [1.54, 1.807) is 0 Å². The van der Waals surface area contributed by atoms with E-state index in [9.17, 15) is 0 Å². The quantitative estimate of drug-likeness (QED) is 0.782. The summed E-state index contributed by atoms with van der Waals surface area (Å²) >= 11 is 0. The average molecular weight is 257 g/mol. The van der Waals surface area contributed by atoms with Crippen molar-refractivity contribution in [1.82, 2.24) is 5.32 Å². The Hall–Kier alpha value is -1.08. The fourth-order valence-corrected chi connectivity index (χ4v) is 3.16. The van der Waals surface area contributed by atoms with E-state index in [2.05, 4.69) is 54.7 Å². The highest BCUT2D eigenvalue weighted by Crippen LogP contribution is 2.27. The highest BCUT2D eigenvalue weighted by molar-refractivity contribution is 5.48. The Morgan fingerprint density at radius 1 is 1.16 bits per heavy atom. The van der Waals surface area contributed by atoms with Gasteiger partial charge in [0, 0.05) is 12.6 Å². The lowest BCUT2D eigenvalue weighted by Crippen LogP contribution is -2.36. The predicted molar refractivity (Wildman–Crippen MR) is 84.1 cm³/mol. The molecule has 104 valence electrons. The molecule has 1 saturated carbocycles. The molecule has 1 nitrogen and oxygen atoms in total. The summed E-state index contributed by atoms with van der Waals surface area (Å²) in [6, 6.07) is 11.2. The second kappa shape index (κ2) is 8.16. The maximum Gasteiger partial charge on any atom is 0.0140 e. The number of hydrogen-bond acceptors (Lipinski definition) is 1. The molecule has 19 heavy (non-hydrogen) atoms. The van der Waals surface area contributed by atoms with Crippen LogP contribution in [0.3, 0.4) is 0 Å². The summed E-state index contributed by atoms with van der Waals surface area (Å²) in [6.07, 6.45) is 12.9. The van der Waals surface area contributed by atoms with Crippen molar-refractivity contribution in [2.45, 2.75) is 51.5 Å². The molecule has 1 aliphatic rings. The van der Waals surface area contributed by atoms with Crippen LogP contribution in [0.25, 0.3) is 6.08 Å². The molecule has 0 spiro atoms. The first-order chi connectivity index (χ1) is 9.40. The molecule has 1 fully saturated rings. The van der Waals surface area contributed by atoms with Crippen molar-refractivity contribution in [3.05, 3.63) is 42.0 Å². The standard InChI is InChI=1S/C18H27N/c1-2-18(17-13-7-4-8-14-17)19-15-9-12-16-10-5-3-6-11-16/h3,5-6,9-12,17-19H,2,4,7-8,13-15H2,1H3. The summed E-state index contributed by atoms with van der Waals surface area (Å²) in [5, 5.41) is 3.72. The van der Waals surface area contributed by atoms with Crippen molar-refractivity contribution in [3.8, 4) is 0 Å². The summed E-state index contributed by atoms with van der Waals surface area (Å²) in [5.74, 6) is 0.906. The highest BCUT2D eigenvalue weighted by atomic mass is 14.9. The fraction of sp³-hybridized carbons (Fsp3) is 0.556. The predicted octanol–water partition coefficient (Wildman–Crippen LogP) is 4.65. The van der Waals surface area contributed by atoms with Crippen LogP contribution in [0.15, 0.2) is 36.4 Å². The van der Waals surface area contributed by atoms with Gasteiger partial charge in [-0.05, 0) is 30.7 Å². The van der Waals surface area contributed by atoms with E-state index >= 15 is 0 Å². The SMILES string of the molecule is CCC(NCC=Cc1ccccc1)C1CCCCC1. The van der Waals surface area contributed by atoms with Gasteiger partial charge in [0.05, 0.1) is 0 Å². The molecule has 2 rings (SSSR count). The van der Waals surface area contributed by atoms with Gasteiger partial charge in [-0.25, -0.2) is 0 Å². The van der Waals surface area contributed by atoms with Gasteiger partial charge in [-0.15, -0.1) is 0 Å². The summed E-state index contributed by atoms with van der Waals surface area (Å²) in [6.45, 7) is 3.30. The lowest BCUT2D eigenvalue weighted by Gasteiger charge is -2.30. The first kappa shape index (κ1) is 14.3. The molecule has 1 heteroatoms. The summed E-state index contributed by atoms with van der Waals surface area (Å²) < 4.78 is 0. The van der Waals surface area contributed by atoms with Crippen molar-refractivity contribution >= 4 is 6.08 Å². The minimum absolute atomic E-state index is 0.709. The van der Waals surface area contributed by atoms with E-state index in [1.807, 2.05) is 0 Å². The normalized spacial score (nSPS) is 18.8. The van der Waals surface area contributed by atoms with Crippen LogP contribution in [0.1, 0.15) is 51.0 Å². The van der Waals surface area contributed by atoms with Crippen LogP contribution in [0, 0.1) is 5.92 Å². The maximum atomic E-state index is 3.72. The monoisotopic (exact) mass is 257 g/mol. The molecular formula is C18H27N. The van der Waals surface area contributed by atoms with E-state index in [4.69, 9.17) is 0 Å². The molecule has 0 amide bonds. The van der Waals surface area contributed by atoms with Gasteiger partial charge < -0.3 is 5.32 Å². The third kappa shape index (κ3) is 4.83. The van der Waals surface area contributed by atoms with Crippen LogP contribution in [-0.2, 0) is 0 Å². The molecule has 1 aromatic carbocycles. The van der Waals surface area contributed by atoms with Crippen LogP contribution in [0.5, 0.6) is 0 Å². The number of nitrogens with one attached hydrogen (secondary N) is 1. The second-order valence-corrected chi connectivity index (χ2v) is 5.63. The molecule has 1 aromatic rings. The Morgan fingerprint density at radius 3 is 2.58 bits per heavy atom. The van der Waals surface area contributed by atoms with Gasteiger partial charge in [-0.1, -0.05) is 68.7 Å². The van der Waals surface area contributed by atoms with Gasteiger partial charge in [0.15, 0.2) is 0 Å². The second-order valence-electron chi connectivity index (χ2n) is 5.63. The topological polar surface area (TPSA) is 12.0 Å². The minimum Gasteiger partial charge on any atom is -0.310 e. The van der Waals surface area contributed by atoms with Crippen molar-refractivity contribution in [1.29, 1.82) is 0 Å². The Bertz CT molecular complexity index is 363. The van der Waals surface area contributed by atoms with Crippen LogP contribution in [0.2, 0.25) is 0 Å². The average Bonchev–Trinajstić information content (AvgIpc) is 2.49. The van der Waals surface area contributed by atoms with Crippen molar-refractivity contribution in [2.24, 2.45) is 5.92 Å². The zero-order valence-electron chi connectivity index (χ0n) is 12.1. The van der Waals surface area contributed by atoms with Gasteiger partial charge in [0.25, 0.3) is 0 Å². The molecule has 0 bridgehead atoms. The van der Waals surface area contributed by atoms with E-state index < -0.39 is 0 Å². The summed E-state index contributed by atoms with van der Waals surface area (Å²) in [4.78, 5) is 0. The van der Waals surface area contributed by atoms with E-state index in [0.717, 1.165) is 12.5 Å². The van der Waals surface area contributed by atoms with Crippen molar-refractivity contribution in [3.63, 3.8) is 0 Å². The zero-order chi connectivity index (χ0) is 13.3. The Morgan fingerprint density at radius 2 is 1.89 bits per heavy atom. The Kier molecular flexibility index (Phi) is 6.16. The molecule has 1 unspecified atom stereocenters. The zero-order valence-corrected chi connectivity index (χ0v) is 12.1. The third-order valence-corrected chi connectivity index (χ3v) is 4.27. The molecule has 0 heterocycles. The maximum absolute atomic E-state index is 3.72. The van der Waals surface area contributed by atoms with Crippen molar-refractivity contribution in [2.75, 3.05) is 6.54 Å². The van der Waals surface area contributed by atoms with Crippen LogP contribution in [-0.4, -0.2) is 12.6 Å². The lowest BCUT2D eigenvalue weighted by molar-refractivity contribution is 0.268. The number of rotatable bonds is 6. The molecular weight excluding hydrogens is 230 g/mol. The molecule has 1 aliphatic carbocycles. The van der Waals surface area contributed by atoms with Crippen LogP contribution < -0.4 is 5.32 Å². The van der Waals surface area contributed by atoms with Crippen LogP contribution >= 0.6 is 0 Å². The van der Waals surface area contributed by atoms with Gasteiger partial charge >= 0.3 is 0 Å². The fourth-order valence-electron chi connectivity index (χ4n) is 3.16. The molecule has 0 aromatic heterocycles. The molecule has 0 saturated heterocycles. The minimum atomic E-state index is 0.709. The van der Waals surface area contributed by atoms with E-state index in [1.165, 1.54) is 44.1 Å². The molecule has 0 radical (unpaired) electrons. The van der Waals surface area contributed by atoms with E-state index in [-0.39, 0.29) is 0 Å². The van der Waals surface area contributed by atoms with Crippen molar-refractivity contribution < 1.29 is 0 Å². The summed E-state index contributed by atoms with van der Waals surface area (Å²) in [5.41, 5.74) is 1.29. The highest BCUT2D eigenvalue weighted by Gasteiger charge is 2.21. The summed E-state index contributed by atoms with van der Waals surface area (Å²) in [7, 11) is 0.